The maximum atomic E-state index is 13.4. The van der Waals surface area contributed by atoms with Crippen molar-refractivity contribution in [2.24, 2.45) is 23.7 Å². The number of unbranched alkanes of at least 4 members (excludes halogenated alkanes) is 2. The second kappa shape index (κ2) is 15.3. The van der Waals surface area contributed by atoms with Gasteiger partial charge in [-0.2, -0.15) is 0 Å². The van der Waals surface area contributed by atoms with Gasteiger partial charge >= 0.3 is 0 Å². The summed E-state index contributed by atoms with van der Waals surface area (Å²) in [6, 6.07) is 9.64. The van der Waals surface area contributed by atoms with Crippen LogP contribution in [0.15, 0.2) is 79.6 Å². The number of carbonyl (C=O) groups excluding carboxylic acids is 4. The second-order valence-electron chi connectivity index (χ2n) is 10.9. The van der Waals surface area contributed by atoms with Crippen molar-refractivity contribution in [2.45, 2.75) is 50.6 Å². The molecule has 4 heterocycles. The van der Waals surface area contributed by atoms with Crippen LogP contribution in [0.25, 0.3) is 6.08 Å². The van der Waals surface area contributed by atoms with Crippen molar-refractivity contribution in [3.05, 3.63) is 85.2 Å². The Balaban J connectivity index is 0.00000253. The smallest absolute Gasteiger partial charge is 0.236 e. The Morgan fingerprint density at radius 2 is 1.28 bits per heavy atom. The number of nitrogens with zero attached hydrogens (tertiary/aromatic N) is 2. The van der Waals surface area contributed by atoms with Crippen molar-refractivity contribution in [3.8, 4) is 0 Å². The van der Waals surface area contributed by atoms with Gasteiger partial charge in [0.1, 0.15) is 0 Å². The maximum absolute atomic E-state index is 13.4. The summed E-state index contributed by atoms with van der Waals surface area (Å²) in [6.07, 6.45) is 10.4. The molecule has 4 saturated heterocycles. The van der Waals surface area contributed by atoms with Gasteiger partial charge in [0, 0.05) is 40.1 Å². The van der Waals surface area contributed by atoms with E-state index in [0.717, 1.165) is 24.8 Å². The van der Waals surface area contributed by atoms with Gasteiger partial charge in [-0.25, -0.2) is 0 Å². The summed E-state index contributed by atoms with van der Waals surface area (Å²) in [5.41, 5.74) is 3.57. The first kappa shape index (κ1) is 34.7. The topological polar surface area (TPSA) is 93.2 Å². The van der Waals surface area contributed by atoms with Crippen LogP contribution >= 0.6 is 0 Å². The Labute approximate surface area is 273 Å². The molecule has 43 heavy (non-hydrogen) atoms. The summed E-state index contributed by atoms with van der Waals surface area (Å²) in [6.45, 7) is 9.92. The predicted molar refractivity (Wildman–Crippen MR) is 153 cm³/mol. The largest absolute Gasteiger partial charge is 0.365 e. The van der Waals surface area contributed by atoms with Gasteiger partial charge in [-0.15, -0.1) is 12.3 Å². The minimum atomic E-state index is -0.721. The molecule has 1 aromatic carbocycles. The number of benzene rings is 1. The van der Waals surface area contributed by atoms with E-state index < -0.39 is 48.1 Å². The van der Waals surface area contributed by atoms with E-state index in [2.05, 4.69) is 25.8 Å². The Hall–Kier alpha value is -2.83. The summed E-state index contributed by atoms with van der Waals surface area (Å²) < 4.78 is 12.4. The van der Waals surface area contributed by atoms with E-state index in [1.54, 1.807) is 24.3 Å². The number of hydrogen-bond acceptors (Lipinski definition) is 6. The fraction of sp³-hybridized carbons (Fsp3) is 0.424. The first-order chi connectivity index (χ1) is 19.9. The normalized spacial score (nSPS) is 31.3. The van der Waals surface area contributed by atoms with Gasteiger partial charge in [-0.05, 0) is 18.1 Å². The van der Waals surface area contributed by atoms with Crippen molar-refractivity contribution in [2.75, 3.05) is 13.1 Å². The zero-order valence-electron chi connectivity index (χ0n) is 23.9. The summed E-state index contributed by atoms with van der Waals surface area (Å²) in [5.74, 6) is -3.76. The zero-order chi connectivity index (χ0) is 29.1. The summed E-state index contributed by atoms with van der Waals surface area (Å²) in [5, 5.41) is 0. The molecule has 0 aliphatic carbocycles. The molecule has 0 bridgehead atoms. The molecule has 8 nitrogen and oxygen atoms in total. The van der Waals surface area contributed by atoms with E-state index in [1.165, 1.54) is 9.80 Å². The van der Waals surface area contributed by atoms with Gasteiger partial charge in [-0.3, -0.25) is 29.0 Å². The molecule has 4 aliphatic heterocycles. The Morgan fingerprint density at radius 1 is 0.767 bits per heavy atom. The average Bonchev–Trinajstić information content (AvgIpc) is 3.67. The van der Waals surface area contributed by atoms with Gasteiger partial charge in [0.2, 0.25) is 23.6 Å². The number of likely N-dealkylation sites (tertiary alicyclic amines) is 2. The minimum absolute atomic E-state index is 0. The minimum Gasteiger partial charge on any atom is -0.365 e. The fourth-order valence-corrected chi connectivity index (χ4v) is 6.39. The van der Waals surface area contributed by atoms with Crippen molar-refractivity contribution in [1.82, 2.24) is 9.80 Å². The van der Waals surface area contributed by atoms with Gasteiger partial charge in [0.15, 0.2) is 0 Å². The van der Waals surface area contributed by atoms with Crippen LogP contribution < -0.4 is 0 Å². The number of rotatable bonds is 11. The number of ether oxygens (including phenoxy) is 2. The maximum Gasteiger partial charge on any atom is 0.236 e. The van der Waals surface area contributed by atoms with Gasteiger partial charge < -0.3 is 9.47 Å². The van der Waals surface area contributed by atoms with Crippen LogP contribution in [0.5, 0.6) is 0 Å². The van der Waals surface area contributed by atoms with Crippen molar-refractivity contribution >= 4 is 29.7 Å². The first-order valence-electron chi connectivity index (χ1n) is 14.3. The van der Waals surface area contributed by atoms with Crippen LogP contribution in [0.4, 0.5) is 0 Å². The molecule has 232 valence electrons. The molecule has 4 aliphatic rings. The first-order valence-corrected chi connectivity index (χ1v) is 14.3. The van der Waals surface area contributed by atoms with E-state index in [1.807, 2.05) is 42.5 Å². The van der Waals surface area contributed by atoms with Crippen molar-refractivity contribution in [1.29, 1.82) is 0 Å². The van der Waals surface area contributed by atoms with Crippen LogP contribution in [-0.4, -0.2) is 70.9 Å². The van der Waals surface area contributed by atoms with Crippen LogP contribution in [0.1, 0.15) is 31.7 Å². The SMILES string of the molecule is C=C=CCN1C(=O)[C@@H]2C(/C=C\C3OC(C=C)[C@H]4C(=O)N(CCCCC)C(=O)[C@@H]34)OC(/C=C\c3ccccc3)[C@@H]2C1=O.[Co].[Co]. The molecule has 4 fully saturated rings. The van der Waals surface area contributed by atoms with E-state index in [9.17, 15) is 19.2 Å². The molecule has 4 amide bonds. The standard InChI is InChI=1S/C33H36N2O6.2Co/c1-4-7-12-20-35-30(36)26-22(6-3)40-24(27(26)31(35)37)17-18-25-29-28(32(38)34(33(29)39)19-8-5-2)23(41-25)16-15-21-13-10-9-11-14-21;;/h6,8-11,13-18,22-29H,2-4,7,12,19-20H2,1H3;;/b16-15-,18-17-;;/t22?,23?,24?,25?,26-,27+,28+,29-;;/m1../s1. The molecule has 0 spiro atoms. The molecule has 10 heteroatoms. The predicted octanol–water partition coefficient (Wildman–Crippen LogP) is 3.71. The molecular formula is C33H36Co2N2O6. The summed E-state index contributed by atoms with van der Waals surface area (Å²) in [4.78, 5) is 55.9. The van der Waals surface area contributed by atoms with Crippen LogP contribution in [-0.2, 0) is 62.2 Å². The van der Waals surface area contributed by atoms with E-state index in [0.29, 0.717) is 6.54 Å². The van der Waals surface area contributed by atoms with E-state index in [4.69, 9.17) is 9.47 Å². The molecule has 0 aromatic heterocycles. The summed E-state index contributed by atoms with van der Waals surface area (Å²) in [7, 11) is 0. The third-order valence-corrected chi connectivity index (χ3v) is 8.43. The van der Waals surface area contributed by atoms with Gasteiger partial charge in [-0.1, -0.05) is 87.1 Å². The molecule has 0 saturated carbocycles. The van der Waals surface area contributed by atoms with E-state index in [-0.39, 0.29) is 63.7 Å². The van der Waals surface area contributed by atoms with Crippen molar-refractivity contribution < 1.29 is 62.2 Å². The van der Waals surface area contributed by atoms with E-state index >= 15 is 0 Å². The number of imide groups is 2. The third kappa shape index (κ3) is 6.66. The van der Waals surface area contributed by atoms with Gasteiger partial charge in [0.05, 0.1) is 54.6 Å². The molecule has 5 rings (SSSR count). The Kier molecular flexibility index (Phi) is 12.3. The molecule has 4 unspecified atom stereocenters. The van der Waals surface area contributed by atoms with Crippen molar-refractivity contribution in [3.63, 3.8) is 0 Å². The summed E-state index contributed by atoms with van der Waals surface area (Å²) >= 11 is 0. The monoisotopic (exact) mass is 674 g/mol. The molecule has 0 N–H and O–H groups in total. The molecule has 2 radical (unpaired) electrons. The fourth-order valence-electron chi connectivity index (χ4n) is 6.39. The quantitative estimate of drug-likeness (QED) is 0.154. The molecule has 1 aromatic rings. The average molecular weight is 675 g/mol. The third-order valence-electron chi connectivity index (χ3n) is 8.43. The zero-order valence-corrected chi connectivity index (χ0v) is 26.0. The second-order valence-corrected chi connectivity index (χ2v) is 10.9. The molecule has 8 atom stereocenters. The number of hydrogen-bond donors (Lipinski definition) is 0. The number of amides is 4. The van der Waals surface area contributed by atoms with Crippen LogP contribution in [0, 0.1) is 23.7 Å². The Bertz CT molecular complexity index is 1320. The van der Waals surface area contributed by atoms with Gasteiger partial charge in [0.25, 0.3) is 0 Å². The molecular weight excluding hydrogens is 638 g/mol. The number of fused-ring (bicyclic) bond motifs is 2. The number of carbonyl (C=O) groups is 4. The van der Waals surface area contributed by atoms with Crippen LogP contribution in [0.3, 0.4) is 0 Å². The van der Waals surface area contributed by atoms with Crippen LogP contribution in [0.2, 0.25) is 0 Å². The Morgan fingerprint density at radius 3 is 1.81 bits per heavy atom.